The van der Waals surface area contributed by atoms with Crippen LogP contribution in [0.15, 0.2) is 52.6 Å². The smallest absolute Gasteiger partial charge is 0.326 e. The van der Waals surface area contributed by atoms with Gasteiger partial charge in [0, 0.05) is 11.4 Å². The van der Waals surface area contributed by atoms with E-state index in [1.54, 1.807) is 0 Å². The number of amidine groups is 1. The van der Waals surface area contributed by atoms with E-state index in [1.807, 2.05) is 18.2 Å². The second-order valence-electron chi connectivity index (χ2n) is 5.99. The van der Waals surface area contributed by atoms with Crippen LogP contribution >= 0.6 is 11.8 Å². The number of carbonyl (C=O) groups is 1. The van der Waals surface area contributed by atoms with E-state index < -0.39 is 11.7 Å². The van der Waals surface area contributed by atoms with Gasteiger partial charge in [0.1, 0.15) is 0 Å². The highest BCUT2D eigenvalue weighted by molar-refractivity contribution is 8.14. The van der Waals surface area contributed by atoms with Crippen molar-refractivity contribution < 1.29 is 18.0 Å². The van der Waals surface area contributed by atoms with Crippen LogP contribution in [0.25, 0.3) is 0 Å². The molecule has 0 atom stereocenters. The molecule has 138 valence electrons. The summed E-state index contributed by atoms with van der Waals surface area (Å²) in [6.07, 6.45) is -4.14. The van der Waals surface area contributed by atoms with Crippen LogP contribution < -0.4 is 10.7 Å². The van der Waals surface area contributed by atoms with Gasteiger partial charge in [0.05, 0.1) is 23.4 Å². The molecule has 27 heavy (non-hydrogen) atoms. The number of hydrazone groups is 1. The van der Waals surface area contributed by atoms with E-state index in [0.29, 0.717) is 17.3 Å². The van der Waals surface area contributed by atoms with Crippen LogP contribution in [0.4, 0.5) is 24.5 Å². The summed E-state index contributed by atoms with van der Waals surface area (Å²) < 4.78 is 39.2. The van der Waals surface area contributed by atoms with Crippen LogP contribution in [0, 0.1) is 0 Å². The quantitative estimate of drug-likeness (QED) is 0.817. The Labute approximate surface area is 156 Å². The third kappa shape index (κ3) is 3.68. The van der Waals surface area contributed by atoms with Crippen LogP contribution in [-0.2, 0) is 17.4 Å². The molecule has 2 aliphatic rings. The largest absolute Gasteiger partial charge is 0.418 e. The van der Waals surface area contributed by atoms with E-state index in [1.165, 1.54) is 30.0 Å². The molecule has 2 N–H and O–H groups in total. The molecule has 0 aromatic heterocycles. The number of para-hydroxylation sites is 1. The molecule has 0 spiro atoms. The SMILES string of the molecule is O=C1Cc2cc(C3=NNC(=Nc4ccccc4C(F)(F)F)SC3)ccc2N1. The molecule has 2 aromatic carbocycles. The number of nitrogens with one attached hydrogen (secondary N) is 2. The Balaban J connectivity index is 1.56. The summed E-state index contributed by atoms with van der Waals surface area (Å²) in [6.45, 7) is 0. The maximum atomic E-state index is 13.1. The predicted molar refractivity (Wildman–Crippen MR) is 99.4 cm³/mol. The van der Waals surface area contributed by atoms with E-state index in [2.05, 4.69) is 20.8 Å². The maximum absolute atomic E-state index is 13.1. The molecule has 2 aliphatic heterocycles. The number of amides is 1. The van der Waals surface area contributed by atoms with Gasteiger partial charge in [0.25, 0.3) is 0 Å². The number of benzene rings is 2. The van der Waals surface area contributed by atoms with Gasteiger partial charge in [-0.2, -0.15) is 18.3 Å². The second-order valence-corrected chi connectivity index (χ2v) is 6.95. The van der Waals surface area contributed by atoms with Crippen molar-refractivity contribution in [2.45, 2.75) is 12.6 Å². The molecule has 9 heteroatoms. The van der Waals surface area contributed by atoms with Crippen molar-refractivity contribution in [3.8, 4) is 0 Å². The van der Waals surface area contributed by atoms with E-state index in [0.717, 1.165) is 28.6 Å². The Hall–Kier alpha value is -2.81. The summed E-state index contributed by atoms with van der Waals surface area (Å²) in [6, 6.07) is 10.7. The number of alkyl halides is 3. The first kappa shape index (κ1) is 17.6. The molecule has 5 nitrogen and oxygen atoms in total. The second kappa shape index (κ2) is 6.73. The zero-order valence-electron chi connectivity index (χ0n) is 13.8. The molecule has 0 aliphatic carbocycles. The van der Waals surface area contributed by atoms with Gasteiger partial charge in [-0.1, -0.05) is 30.0 Å². The highest BCUT2D eigenvalue weighted by Gasteiger charge is 2.33. The number of rotatable bonds is 2. The molecule has 0 fully saturated rings. The fraction of sp³-hybridized carbons (Fsp3) is 0.167. The zero-order valence-corrected chi connectivity index (χ0v) is 14.6. The fourth-order valence-electron chi connectivity index (χ4n) is 2.85. The van der Waals surface area contributed by atoms with Crippen LogP contribution in [0.5, 0.6) is 0 Å². The average molecular weight is 390 g/mol. The van der Waals surface area contributed by atoms with E-state index in [4.69, 9.17) is 0 Å². The summed E-state index contributed by atoms with van der Waals surface area (Å²) in [5.41, 5.74) is 5.09. The minimum Gasteiger partial charge on any atom is -0.326 e. The third-order valence-corrected chi connectivity index (χ3v) is 5.00. The number of anilines is 1. The van der Waals surface area contributed by atoms with E-state index in [9.17, 15) is 18.0 Å². The molecule has 0 bridgehead atoms. The summed E-state index contributed by atoms with van der Waals surface area (Å²) in [4.78, 5) is 15.5. The lowest BCUT2D eigenvalue weighted by molar-refractivity contribution is -0.137. The van der Waals surface area contributed by atoms with Gasteiger partial charge in [-0.05, 0) is 35.4 Å². The zero-order chi connectivity index (χ0) is 19.0. The van der Waals surface area contributed by atoms with Crippen molar-refractivity contribution in [3.05, 3.63) is 59.2 Å². The first-order valence-electron chi connectivity index (χ1n) is 8.03. The predicted octanol–water partition coefficient (Wildman–Crippen LogP) is 3.93. The lowest BCUT2D eigenvalue weighted by atomic mass is 10.1. The average Bonchev–Trinajstić information content (AvgIpc) is 3.01. The van der Waals surface area contributed by atoms with Crippen molar-refractivity contribution in [1.29, 1.82) is 0 Å². The van der Waals surface area contributed by atoms with E-state index >= 15 is 0 Å². The summed E-state index contributed by atoms with van der Waals surface area (Å²) >= 11 is 1.27. The Morgan fingerprint density at radius 2 is 1.96 bits per heavy atom. The van der Waals surface area contributed by atoms with Gasteiger partial charge in [-0.15, -0.1) is 0 Å². The maximum Gasteiger partial charge on any atom is 0.418 e. The molecule has 0 saturated heterocycles. The van der Waals surface area contributed by atoms with E-state index in [-0.39, 0.29) is 11.6 Å². The van der Waals surface area contributed by atoms with Gasteiger partial charge >= 0.3 is 6.18 Å². The highest BCUT2D eigenvalue weighted by atomic mass is 32.2. The van der Waals surface area contributed by atoms with Crippen molar-refractivity contribution >= 4 is 39.9 Å². The van der Waals surface area contributed by atoms with Crippen molar-refractivity contribution in [3.63, 3.8) is 0 Å². The summed E-state index contributed by atoms with van der Waals surface area (Å²) in [5, 5.41) is 7.31. The molecule has 0 radical (unpaired) electrons. The van der Waals surface area contributed by atoms with Crippen LogP contribution in [0.1, 0.15) is 16.7 Å². The Morgan fingerprint density at radius 1 is 1.15 bits per heavy atom. The van der Waals surface area contributed by atoms with Gasteiger partial charge in [-0.25, -0.2) is 4.99 Å². The lowest BCUT2D eigenvalue weighted by Gasteiger charge is -2.16. The van der Waals surface area contributed by atoms with Crippen LogP contribution in [0.3, 0.4) is 0 Å². The molecule has 0 saturated carbocycles. The number of halogens is 3. The number of hydrogen-bond donors (Lipinski definition) is 2. The monoisotopic (exact) mass is 390 g/mol. The normalized spacial score (nSPS) is 18.0. The minimum absolute atomic E-state index is 0.0435. The summed E-state index contributed by atoms with van der Waals surface area (Å²) in [7, 11) is 0. The fourth-order valence-corrected chi connectivity index (χ4v) is 3.63. The number of nitrogens with zero attached hydrogens (tertiary/aromatic N) is 2. The first-order chi connectivity index (χ1) is 12.9. The van der Waals surface area contributed by atoms with Gasteiger partial charge in [0.2, 0.25) is 5.91 Å². The van der Waals surface area contributed by atoms with Gasteiger partial charge in [0.15, 0.2) is 5.17 Å². The minimum atomic E-state index is -4.47. The van der Waals surface area contributed by atoms with Gasteiger partial charge in [-0.3, -0.25) is 10.2 Å². The number of fused-ring (bicyclic) bond motifs is 1. The lowest BCUT2D eigenvalue weighted by Crippen LogP contribution is -2.25. The van der Waals surface area contributed by atoms with Crippen molar-refractivity contribution in [2.75, 3.05) is 11.1 Å². The Bertz CT molecular complexity index is 985. The van der Waals surface area contributed by atoms with Crippen molar-refractivity contribution in [1.82, 2.24) is 5.43 Å². The van der Waals surface area contributed by atoms with Crippen LogP contribution in [-0.4, -0.2) is 22.5 Å². The molecular weight excluding hydrogens is 377 g/mol. The van der Waals surface area contributed by atoms with Crippen LogP contribution in [0.2, 0.25) is 0 Å². The molecule has 0 unspecified atom stereocenters. The summed E-state index contributed by atoms with van der Waals surface area (Å²) in [5.74, 6) is 0.415. The number of hydrogen-bond acceptors (Lipinski definition) is 4. The number of thioether (sulfide) groups is 1. The molecule has 1 amide bonds. The van der Waals surface area contributed by atoms with Crippen molar-refractivity contribution in [2.24, 2.45) is 10.1 Å². The highest BCUT2D eigenvalue weighted by Crippen LogP contribution is 2.36. The number of aliphatic imine (C=N–C) groups is 1. The topological polar surface area (TPSA) is 65.8 Å². The number of carbonyl (C=O) groups excluding carboxylic acids is 1. The molecular formula is C18H13F3N4OS. The Kier molecular flexibility index (Phi) is 4.39. The van der Waals surface area contributed by atoms with Gasteiger partial charge < -0.3 is 5.32 Å². The molecule has 2 heterocycles. The third-order valence-electron chi connectivity index (χ3n) is 4.13. The standard InChI is InChI=1S/C18H13F3N4OS/c19-18(20,21)12-3-1-2-4-14(12)23-17-25-24-15(9-27-17)10-5-6-13-11(7-10)8-16(26)22-13/h1-7H,8-9H2,(H,22,26)(H,23,25). The molecule has 4 rings (SSSR count). The molecule has 2 aromatic rings. The Morgan fingerprint density at radius 3 is 2.70 bits per heavy atom. The first-order valence-corrected chi connectivity index (χ1v) is 9.02.